The number of hydrogen-bond acceptors (Lipinski definition) is 5. The number of aryl methyl sites for hydroxylation is 1. The standard InChI is InChI=1S/C17H20N6/c1-22-16-3-2-13(10-15(16)20-21-22)12-23-9-8-19-11-17(23)14-4-6-18-7-5-14/h2-7,10,17,19H,8-9,11-12H2,1H3. The number of rotatable bonds is 3. The molecule has 6 nitrogen and oxygen atoms in total. The lowest BCUT2D eigenvalue weighted by Gasteiger charge is -2.36. The molecule has 2 aromatic heterocycles. The zero-order chi connectivity index (χ0) is 15.6. The third-order valence-electron chi connectivity index (χ3n) is 4.51. The quantitative estimate of drug-likeness (QED) is 0.795. The molecule has 6 heteroatoms. The first-order valence-corrected chi connectivity index (χ1v) is 7.94. The van der Waals surface area contributed by atoms with Gasteiger partial charge in [-0.15, -0.1) is 5.10 Å². The van der Waals surface area contributed by atoms with Crippen LogP contribution in [0.2, 0.25) is 0 Å². The molecule has 1 N–H and O–H groups in total. The molecule has 0 amide bonds. The Bertz CT molecular complexity index is 797. The summed E-state index contributed by atoms with van der Waals surface area (Å²) >= 11 is 0. The van der Waals surface area contributed by atoms with Crippen LogP contribution in [0.1, 0.15) is 17.2 Å². The second-order valence-corrected chi connectivity index (χ2v) is 6.01. The lowest BCUT2D eigenvalue weighted by molar-refractivity contribution is 0.154. The zero-order valence-corrected chi connectivity index (χ0v) is 13.2. The van der Waals surface area contributed by atoms with Crippen LogP contribution in [0.25, 0.3) is 11.0 Å². The molecule has 0 aliphatic carbocycles. The highest BCUT2D eigenvalue weighted by atomic mass is 15.4. The van der Waals surface area contributed by atoms with Crippen LogP contribution in [-0.2, 0) is 13.6 Å². The van der Waals surface area contributed by atoms with Gasteiger partial charge in [0.2, 0.25) is 0 Å². The summed E-state index contributed by atoms with van der Waals surface area (Å²) in [6.45, 7) is 3.94. The highest BCUT2D eigenvalue weighted by molar-refractivity contribution is 5.74. The van der Waals surface area contributed by atoms with Crippen LogP contribution < -0.4 is 5.32 Å². The van der Waals surface area contributed by atoms with Crippen LogP contribution in [0, 0.1) is 0 Å². The van der Waals surface area contributed by atoms with Gasteiger partial charge >= 0.3 is 0 Å². The van der Waals surface area contributed by atoms with E-state index in [1.165, 1.54) is 11.1 Å². The normalized spacial score (nSPS) is 19.3. The fourth-order valence-corrected chi connectivity index (χ4v) is 3.27. The average Bonchev–Trinajstić information content (AvgIpc) is 2.97. The topological polar surface area (TPSA) is 58.9 Å². The maximum Gasteiger partial charge on any atom is 0.113 e. The zero-order valence-electron chi connectivity index (χ0n) is 13.2. The summed E-state index contributed by atoms with van der Waals surface area (Å²) in [5, 5.41) is 11.8. The van der Waals surface area contributed by atoms with Crippen LogP contribution in [0.3, 0.4) is 0 Å². The van der Waals surface area contributed by atoms with Crippen molar-refractivity contribution in [3.63, 3.8) is 0 Å². The molecule has 23 heavy (non-hydrogen) atoms. The van der Waals surface area contributed by atoms with Crippen molar-refractivity contribution in [2.24, 2.45) is 7.05 Å². The SMILES string of the molecule is Cn1nnc2cc(CN3CCNCC3c3ccncc3)ccc21. The van der Waals surface area contributed by atoms with Crippen molar-refractivity contribution >= 4 is 11.0 Å². The largest absolute Gasteiger partial charge is 0.314 e. The Balaban J connectivity index is 1.59. The van der Waals surface area contributed by atoms with Gasteiger partial charge in [0.1, 0.15) is 5.52 Å². The minimum absolute atomic E-state index is 0.379. The summed E-state index contributed by atoms with van der Waals surface area (Å²) in [5.41, 5.74) is 4.62. The van der Waals surface area contributed by atoms with Crippen molar-refractivity contribution in [1.29, 1.82) is 0 Å². The molecular weight excluding hydrogens is 288 g/mol. The molecule has 3 aromatic rings. The summed E-state index contributed by atoms with van der Waals surface area (Å²) < 4.78 is 1.81. The van der Waals surface area contributed by atoms with Gasteiger partial charge in [0, 0.05) is 51.7 Å². The molecule has 1 aliphatic rings. The second kappa shape index (κ2) is 6.06. The van der Waals surface area contributed by atoms with E-state index in [0.717, 1.165) is 37.2 Å². The first-order chi connectivity index (χ1) is 11.3. The molecule has 0 bridgehead atoms. The van der Waals surface area contributed by atoms with Gasteiger partial charge in [0.15, 0.2) is 0 Å². The van der Waals surface area contributed by atoms with Gasteiger partial charge in [0.25, 0.3) is 0 Å². The first kappa shape index (κ1) is 14.3. The van der Waals surface area contributed by atoms with E-state index in [0.29, 0.717) is 6.04 Å². The predicted octanol–water partition coefficient (Wildman–Crippen LogP) is 1.51. The van der Waals surface area contributed by atoms with Crippen LogP contribution >= 0.6 is 0 Å². The van der Waals surface area contributed by atoms with E-state index in [1.807, 2.05) is 24.1 Å². The van der Waals surface area contributed by atoms with E-state index in [4.69, 9.17) is 0 Å². The van der Waals surface area contributed by atoms with Gasteiger partial charge in [-0.3, -0.25) is 9.88 Å². The van der Waals surface area contributed by atoms with E-state index >= 15 is 0 Å². The van der Waals surface area contributed by atoms with E-state index in [-0.39, 0.29) is 0 Å². The predicted molar refractivity (Wildman–Crippen MR) is 88.8 cm³/mol. The third-order valence-corrected chi connectivity index (χ3v) is 4.51. The maximum absolute atomic E-state index is 4.22. The molecule has 1 aromatic carbocycles. The number of benzene rings is 1. The van der Waals surface area contributed by atoms with E-state index in [2.05, 4.69) is 55.8 Å². The highest BCUT2D eigenvalue weighted by Gasteiger charge is 2.23. The number of piperazine rings is 1. The van der Waals surface area contributed by atoms with E-state index in [9.17, 15) is 0 Å². The number of nitrogens with one attached hydrogen (secondary N) is 1. The second-order valence-electron chi connectivity index (χ2n) is 6.01. The Hall–Kier alpha value is -2.31. The van der Waals surface area contributed by atoms with Gasteiger partial charge in [-0.05, 0) is 35.4 Å². The summed E-state index contributed by atoms with van der Waals surface area (Å²) in [6, 6.07) is 11.0. The Labute approximate surface area is 135 Å². The van der Waals surface area contributed by atoms with Crippen LogP contribution in [-0.4, -0.2) is 44.5 Å². The fourth-order valence-electron chi connectivity index (χ4n) is 3.27. The average molecular weight is 308 g/mol. The van der Waals surface area contributed by atoms with Crippen LogP contribution in [0.15, 0.2) is 42.7 Å². The lowest BCUT2D eigenvalue weighted by Crippen LogP contribution is -2.45. The molecule has 118 valence electrons. The summed E-state index contributed by atoms with van der Waals surface area (Å²) in [4.78, 5) is 6.65. The Kier molecular flexibility index (Phi) is 3.77. The smallest absolute Gasteiger partial charge is 0.113 e. The Morgan fingerprint density at radius 3 is 2.96 bits per heavy atom. The van der Waals surface area contributed by atoms with Gasteiger partial charge < -0.3 is 5.32 Å². The molecule has 0 saturated carbocycles. The maximum atomic E-state index is 4.22. The minimum Gasteiger partial charge on any atom is -0.314 e. The monoisotopic (exact) mass is 308 g/mol. The third kappa shape index (κ3) is 2.83. The van der Waals surface area contributed by atoms with Crippen LogP contribution in [0.4, 0.5) is 0 Å². The minimum atomic E-state index is 0.379. The molecule has 1 fully saturated rings. The van der Waals surface area contributed by atoms with Gasteiger partial charge in [0.05, 0.1) is 5.52 Å². The summed E-state index contributed by atoms with van der Waals surface area (Å²) in [7, 11) is 1.92. The Morgan fingerprint density at radius 2 is 2.09 bits per heavy atom. The molecule has 0 spiro atoms. The summed E-state index contributed by atoms with van der Waals surface area (Å²) in [5.74, 6) is 0. The highest BCUT2D eigenvalue weighted by Crippen LogP contribution is 2.24. The number of aromatic nitrogens is 4. The van der Waals surface area contributed by atoms with Crippen molar-refractivity contribution < 1.29 is 0 Å². The lowest BCUT2D eigenvalue weighted by atomic mass is 10.0. The summed E-state index contributed by atoms with van der Waals surface area (Å²) in [6.07, 6.45) is 3.74. The molecule has 1 saturated heterocycles. The van der Waals surface area contributed by atoms with Crippen LogP contribution in [0.5, 0.6) is 0 Å². The van der Waals surface area contributed by atoms with Crippen molar-refractivity contribution in [2.75, 3.05) is 19.6 Å². The fraction of sp³-hybridized carbons (Fsp3) is 0.353. The number of hydrogen-bond donors (Lipinski definition) is 1. The van der Waals surface area contributed by atoms with Gasteiger partial charge in [-0.2, -0.15) is 0 Å². The number of pyridine rings is 1. The van der Waals surface area contributed by atoms with E-state index < -0.39 is 0 Å². The molecule has 3 heterocycles. The molecule has 1 aliphatic heterocycles. The first-order valence-electron chi connectivity index (χ1n) is 7.94. The van der Waals surface area contributed by atoms with Crippen molar-refractivity contribution in [1.82, 2.24) is 30.2 Å². The number of nitrogens with zero attached hydrogens (tertiary/aromatic N) is 5. The van der Waals surface area contributed by atoms with Crippen molar-refractivity contribution in [3.8, 4) is 0 Å². The molecule has 1 atom stereocenters. The molecular formula is C17H20N6. The number of fused-ring (bicyclic) bond motifs is 1. The Morgan fingerprint density at radius 1 is 1.22 bits per heavy atom. The molecule has 4 rings (SSSR count). The van der Waals surface area contributed by atoms with Crippen molar-refractivity contribution in [3.05, 3.63) is 53.9 Å². The van der Waals surface area contributed by atoms with Gasteiger partial charge in [-0.1, -0.05) is 11.3 Å². The molecule has 0 radical (unpaired) electrons. The molecule has 1 unspecified atom stereocenters. The van der Waals surface area contributed by atoms with E-state index in [1.54, 1.807) is 0 Å². The van der Waals surface area contributed by atoms with Crippen molar-refractivity contribution in [2.45, 2.75) is 12.6 Å². The van der Waals surface area contributed by atoms with Gasteiger partial charge in [-0.25, -0.2) is 4.68 Å².